The number of rotatable bonds is 28. The number of carbonyl (C=O) groups is 4. The molecule has 3 rings (SSSR count). The van der Waals surface area contributed by atoms with E-state index in [1.807, 2.05) is 48.5 Å². The van der Waals surface area contributed by atoms with Crippen molar-refractivity contribution in [2.75, 3.05) is 83.7 Å². The Bertz CT molecular complexity index is 1440. The van der Waals surface area contributed by atoms with Crippen LogP contribution in [-0.2, 0) is 51.2 Å². The van der Waals surface area contributed by atoms with Crippen LogP contribution in [0, 0.1) is 0 Å². The highest BCUT2D eigenvalue weighted by molar-refractivity contribution is 5.70. The lowest BCUT2D eigenvalue weighted by Crippen LogP contribution is -2.47. The lowest BCUT2D eigenvalue weighted by atomic mass is 9.92. The summed E-state index contributed by atoms with van der Waals surface area (Å²) in [5.74, 6) is -0.925. The second kappa shape index (κ2) is 26.6. The first kappa shape index (κ1) is 46.1. The molecular formula is C42H66N6O8. The molecule has 312 valence electrons. The number of nitrogen functional groups attached to an aromatic ring is 2. The molecule has 0 bridgehead atoms. The van der Waals surface area contributed by atoms with Crippen LogP contribution in [0.5, 0.6) is 0 Å². The van der Waals surface area contributed by atoms with E-state index in [9.17, 15) is 19.2 Å². The van der Waals surface area contributed by atoms with Gasteiger partial charge >= 0.3 is 23.9 Å². The lowest BCUT2D eigenvalue weighted by molar-refractivity contribution is -0.146. The van der Waals surface area contributed by atoms with Gasteiger partial charge in [0, 0.05) is 82.2 Å². The SMILES string of the molecule is CCC(C)(CCC(=O)OCCCCOC(=O)CCN1CCN(CCC(=O)OCCCCOC(=O)CCNCc2ccc(N)cc2)CC1)NCc1ccc(N)cc1. The molecule has 0 saturated carbocycles. The number of anilines is 2. The quantitative estimate of drug-likeness (QED) is 0.0416. The lowest BCUT2D eigenvalue weighted by Gasteiger charge is -2.34. The second-order valence-electron chi connectivity index (χ2n) is 14.7. The van der Waals surface area contributed by atoms with Crippen LogP contribution in [0.2, 0.25) is 0 Å². The van der Waals surface area contributed by atoms with Crippen molar-refractivity contribution in [3.8, 4) is 0 Å². The Labute approximate surface area is 333 Å². The van der Waals surface area contributed by atoms with Gasteiger partial charge < -0.3 is 50.8 Å². The summed E-state index contributed by atoms with van der Waals surface area (Å²) in [4.78, 5) is 53.2. The molecule has 56 heavy (non-hydrogen) atoms. The summed E-state index contributed by atoms with van der Waals surface area (Å²) < 4.78 is 21.4. The molecule has 1 saturated heterocycles. The molecule has 0 radical (unpaired) electrons. The van der Waals surface area contributed by atoms with Crippen LogP contribution < -0.4 is 22.1 Å². The first-order valence-electron chi connectivity index (χ1n) is 20.3. The van der Waals surface area contributed by atoms with Crippen molar-refractivity contribution in [3.63, 3.8) is 0 Å². The van der Waals surface area contributed by atoms with Crippen molar-refractivity contribution in [1.82, 2.24) is 20.4 Å². The monoisotopic (exact) mass is 782 g/mol. The minimum Gasteiger partial charge on any atom is -0.466 e. The van der Waals surface area contributed by atoms with Crippen LogP contribution in [0.3, 0.4) is 0 Å². The number of piperazine rings is 1. The Morgan fingerprint density at radius 2 is 1.00 bits per heavy atom. The number of nitrogens with one attached hydrogen (secondary N) is 2. The molecule has 1 unspecified atom stereocenters. The average molecular weight is 783 g/mol. The molecule has 0 amide bonds. The highest BCUT2D eigenvalue weighted by Crippen LogP contribution is 2.19. The normalized spacial score (nSPS) is 14.5. The van der Waals surface area contributed by atoms with Gasteiger partial charge in [-0.15, -0.1) is 0 Å². The van der Waals surface area contributed by atoms with Crippen molar-refractivity contribution in [1.29, 1.82) is 0 Å². The molecule has 6 N–H and O–H groups in total. The maximum absolute atomic E-state index is 12.3. The third kappa shape index (κ3) is 20.6. The zero-order valence-electron chi connectivity index (χ0n) is 33.7. The number of hydrogen-bond donors (Lipinski definition) is 4. The molecule has 2 aromatic rings. The molecular weight excluding hydrogens is 716 g/mol. The molecule has 2 aromatic carbocycles. The van der Waals surface area contributed by atoms with E-state index in [1.165, 1.54) is 0 Å². The minimum absolute atomic E-state index is 0.179. The largest absolute Gasteiger partial charge is 0.466 e. The van der Waals surface area contributed by atoms with Gasteiger partial charge in [0.15, 0.2) is 0 Å². The van der Waals surface area contributed by atoms with E-state index in [0.717, 1.165) is 55.1 Å². The van der Waals surface area contributed by atoms with Crippen LogP contribution in [0.25, 0.3) is 0 Å². The highest BCUT2D eigenvalue weighted by Gasteiger charge is 2.23. The molecule has 1 aliphatic heterocycles. The number of esters is 4. The van der Waals surface area contributed by atoms with E-state index >= 15 is 0 Å². The van der Waals surface area contributed by atoms with Gasteiger partial charge in [-0.1, -0.05) is 31.2 Å². The topological polar surface area (TPSA) is 188 Å². The summed E-state index contributed by atoms with van der Waals surface area (Å²) in [7, 11) is 0. The zero-order chi connectivity index (χ0) is 40.4. The predicted octanol–water partition coefficient (Wildman–Crippen LogP) is 4.20. The summed E-state index contributed by atoms with van der Waals surface area (Å²) in [6, 6.07) is 15.4. The Kier molecular flexibility index (Phi) is 21.9. The Hall–Kier alpha value is -4.24. The van der Waals surface area contributed by atoms with E-state index in [1.54, 1.807) is 0 Å². The Morgan fingerprint density at radius 3 is 1.43 bits per heavy atom. The van der Waals surface area contributed by atoms with Gasteiger partial charge in [0.1, 0.15) is 0 Å². The maximum atomic E-state index is 12.3. The molecule has 1 aliphatic rings. The number of unbranched alkanes of at least 4 members (excludes halogenated alkanes) is 2. The van der Waals surface area contributed by atoms with E-state index in [0.29, 0.717) is 117 Å². The zero-order valence-corrected chi connectivity index (χ0v) is 33.7. The first-order chi connectivity index (χ1) is 27.0. The van der Waals surface area contributed by atoms with Gasteiger partial charge in [-0.25, -0.2) is 0 Å². The standard InChI is InChI=1S/C42H66N6O8/c1-3-42(2,46-33-35-10-14-37(44)15-11-35)20-16-38(49)53-28-4-6-30-55-40(51)18-22-47-24-26-48(27-25-47)23-19-41(52)56-31-7-5-29-54-39(50)17-21-45-32-34-8-12-36(43)13-9-34/h8-15,45-46H,3-7,16-33,43-44H2,1-2H3. The van der Waals surface area contributed by atoms with Gasteiger partial charge in [0.25, 0.3) is 0 Å². The van der Waals surface area contributed by atoms with Crippen molar-refractivity contribution < 1.29 is 38.1 Å². The third-order valence-corrected chi connectivity index (χ3v) is 10.0. The van der Waals surface area contributed by atoms with Crippen LogP contribution >= 0.6 is 0 Å². The molecule has 0 spiro atoms. The van der Waals surface area contributed by atoms with E-state index in [2.05, 4.69) is 34.3 Å². The van der Waals surface area contributed by atoms with Crippen LogP contribution in [0.4, 0.5) is 11.4 Å². The number of carbonyl (C=O) groups excluding carboxylic acids is 4. The van der Waals surface area contributed by atoms with Crippen molar-refractivity contribution in [3.05, 3.63) is 59.7 Å². The Morgan fingerprint density at radius 1 is 0.607 bits per heavy atom. The van der Waals surface area contributed by atoms with E-state index in [-0.39, 0.29) is 29.4 Å². The molecule has 1 heterocycles. The highest BCUT2D eigenvalue weighted by atomic mass is 16.5. The average Bonchev–Trinajstić information content (AvgIpc) is 3.20. The summed E-state index contributed by atoms with van der Waals surface area (Å²) >= 11 is 0. The van der Waals surface area contributed by atoms with Gasteiger partial charge in [-0.3, -0.25) is 19.2 Å². The fourth-order valence-electron chi connectivity index (χ4n) is 5.95. The fourth-order valence-corrected chi connectivity index (χ4v) is 5.95. The third-order valence-electron chi connectivity index (χ3n) is 10.0. The van der Waals surface area contributed by atoms with E-state index in [4.69, 9.17) is 30.4 Å². The molecule has 0 aromatic heterocycles. The van der Waals surface area contributed by atoms with Crippen LogP contribution in [0.15, 0.2) is 48.5 Å². The number of nitrogens with zero attached hydrogens (tertiary/aromatic N) is 2. The van der Waals surface area contributed by atoms with Crippen molar-refractivity contribution in [2.24, 2.45) is 0 Å². The van der Waals surface area contributed by atoms with Crippen LogP contribution in [0.1, 0.15) is 89.2 Å². The van der Waals surface area contributed by atoms with Crippen molar-refractivity contribution in [2.45, 2.75) is 96.7 Å². The minimum atomic E-state index is -0.252. The van der Waals surface area contributed by atoms with Crippen molar-refractivity contribution >= 4 is 35.3 Å². The maximum Gasteiger partial charge on any atom is 0.307 e. The van der Waals surface area contributed by atoms with Crippen LogP contribution in [-0.4, -0.2) is 111 Å². The first-order valence-corrected chi connectivity index (χ1v) is 20.3. The summed E-state index contributed by atoms with van der Waals surface area (Å²) in [5.41, 5.74) is 15.0. The summed E-state index contributed by atoms with van der Waals surface area (Å²) in [6.07, 6.45) is 5.38. The molecule has 1 fully saturated rings. The summed E-state index contributed by atoms with van der Waals surface area (Å²) in [5, 5.41) is 6.78. The van der Waals surface area contributed by atoms with Gasteiger partial charge in [0.05, 0.1) is 45.7 Å². The summed E-state index contributed by atoms with van der Waals surface area (Å²) in [6.45, 7) is 11.9. The fraction of sp³-hybridized carbons (Fsp3) is 0.619. The molecule has 1 atom stereocenters. The molecule has 14 nitrogen and oxygen atoms in total. The van der Waals surface area contributed by atoms with E-state index < -0.39 is 0 Å². The number of hydrogen-bond acceptors (Lipinski definition) is 14. The van der Waals surface area contributed by atoms with Gasteiger partial charge in [-0.05, 0) is 80.8 Å². The smallest absolute Gasteiger partial charge is 0.307 e. The molecule has 0 aliphatic carbocycles. The van der Waals surface area contributed by atoms with Gasteiger partial charge in [-0.2, -0.15) is 0 Å². The number of ether oxygens (including phenoxy) is 4. The predicted molar refractivity (Wildman–Crippen MR) is 217 cm³/mol. The molecule has 14 heteroatoms. The second-order valence-corrected chi connectivity index (χ2v) is 14.7. The Balaban J connectivity index is 1.09. The number of benzene rings is 2. The van der Waals surface area contributed by atoms with Gasteiger partial charge in [0.2, 0.25) is 0 Å². The number of nitrogens with two attached hydrogens (primary N) is 2.